The van der Waals surface area contributed by atoms with Gasteiger partial charge in [-0.2, -0.15) is 13.2 Å². The average Bonchev–Trinajstić information content (AvgIpc) is 2.66. The lowest BCUT2D eigenvalue weighted by atomic mass is 10.2. The van der Waals surface area contributed by atoms with Gasteiger partial charge >= 0.3 is 18.4 Å². The lowest BCUT2D eigenvalue weighted by molar-refractivity contribution is -0.141. The number of benzene rings is 1. The molecule has 6 nitrogen and oxygen atoms in total. The topological polar surface area (TPSA) is 59.1 Å². The van der Waals surface area contributed by atoms with Crippen molar-refractivity contribution in [3.05, 3.63) is 35.9 Å². The Balaban J connectivity index is 0.00000122. The molecule has 11 heteroatoms. The van der Waals surface area contributed by atoms with Crippen molar-refractivity contribution in [1.82, 2.24) is 9.80 Å². The maximum Gasteiger partial charge on any atom is 0.410 e. The van der Waals surface area contributed by atoms with Crippen LogP contribution in [0.4, 0.5) is 22.8 Å². The summed E-state index contributed by atoms with van der Waals surface area (Å²) in [5.74, 6) is 0. The molecular formula is C17H21Cl2F3N2O4. The summed E-state index contributed by atoms with van der Waals surface area (Å²) in [5.41, 5.74) is 0.864. The summed E-state index contributed by atoms with van der Waals surface area (Å²) in [4.78, 5) is 26.4. The number of carbonyl (C=O) groups is 2. The average molecular weight is 445 g/mol. The van der Waals surface area contributed by atoms with E-state index in [2.05, 4.69) is 4.74 Å². The number of halogens is 5. The largest absolute Gasteiger partial charge is 0.449 e. The van der Waals surface area contributed by atoms with Crippen LogP contribution in [0.5, 0.6) is 0 Å². The van der Waals surface area contributed by atoms with Gasteiger partial charge in [0.15, 0.2) is 0 Å². The first-order valence-electron chi connectivity index (χ1n) is 8.33. The van der Waals surface area contributed by atoms with E-state index >= 15 is 0 Å². The van der Waals surface area contributed by atoms with Crippen molar-refractivity contribution in [2.45, 2.75) is 19.2 Å². The molecule has 1 aliphatic rings. The van der Waals surface area contributed by atoms with Gasteiger partial charge in [-0.25, -0.2) is 9.59 Å². The Kier molecular flexibility index (Phi) is 10.8. The van der Waals surface area contributed by atoms with Crippen molar-refractivity contribution in [3.63, 3.8) is 0 Å². The van der Waals surface area contributed by atoms with Crippen LogP contribution in [-0.2, 0) is 16.1 Å². The van der Waals surface area contributed by atoms with Crippen molar-refractivity contribution in [1.29, 1.82) is 0 Å². The monoisotopic (exact) mass is 444 g/mol. The van der Waals surface area contributed by atoms with E-state index in [0.29, 0.717) is 0 Å². The van der Waals surface area contributed by atoms with Crippen LogP contribution in [0.1, 0.15) is 12.0 Å². The highest BCUT2D eigenvalue weighted by molar-refractivity contribution is 6.40. The van der Waals surface area contributed by atoms with Gasteiger partial charge in [0.2, 0.25) is 0 Å². The van der Waals surface area contributed by atoms with Crippen molar-refractivity contribution in [2.24, 2.45) is 0 Å². The normalized spacial score (nSPS) is 14.0. The lowest BCUT2D eigenvalue weighted by Gasteiger charge is -2.33. The lowest BCUT2D eigenvalue weighted by Crippen LogP contribution is -2.50. The first-order valence-corrected chi connectivity index (χ1v) is 9.39. The smallest absolute Gasteiger partial charge is 0.410 e. The Bertz CT molecular complexity index is 598. The minimum atomic E-state index is -4.36. The molecular weight excluding hydrogens is 424 g/mol. The quantitative estimate of drug-likeness (QED) is 0.643. The van der Waals surface area contributed by atoms with E-state index in [1.807, 2.05) is 30.3 Å². The fourth-order valence-electron chi connectivity index (χ4n) is 2.23. The number of piperazine rings is 1. The van der Waals surface area contributed by atoms with Gasteiger partial charge in [0, 0.05) is 26.2 Å². The van der Waals surface area contributed by atoms with Gasteiger partial charge in [0.25, 0.3) is 0 Å². The summed E-state index contributed by atoms with van der Waals surface area (Å²) >= 11 is 9.53. The summed E-state index contributed by atoms with van der Waals surface area (Å²) in [7, 11) is 0. The van der Waals surface area contributed by atoms with Gasteiger partial charge in [0.1, 0.15) is 13.2 Å². The standard InChI is InChI=1S/C16H19F3N2O4.CH2Cl2/c17-16(18,19)6-11-24-14(22)20-7-9-21(10-8-20)15(23)25-12-13-4-2-1-3-5-13;2-1-3/h1-5H,6-12H2;1H2. The SMILES string of the molecule is ClCCl.O=C(OCCC(F)(F)F)N1CCN(C(=O)OCc2ccccc2)CC1. The number of nitrogens with zero attached hydrogens (tertiary/aromatic N) is 2. The fourth-order valence-corrected chi connectivity index (χ4v) is 2.23. The van der Waals surface area contributed by atoms with Crippen LogP contribution in [0.3, 0.4) is 0 Å². The maximum atomic E-state index is 12.0. The molecule has 2 rings (SSSR count). The number of rotatable bonds is 4. The van der Waals surface area contributed by atoms with E-state index in [1.54, 1.807) is 0 Å². The number of ether oxygens (including phenoxy) is 2. The molecule has 0 atom stereocenters. The number of hydrogen-bond acceptors (Lipinski definition) is 4. The number of amides is 2. The van der Waals surface area contributed by atoms with Gasteiger partial charge < -0.3 is 19.3 Å². The van der Waals surface area contributed by atoms with Crippen LogP contribution in [-0.4, -0.2) is 66.3 Å². The van der Waals surface area contributed by atoms with E-state index in [4.69, 9.17) is 27.9 Å². The minimum absolute atomic E-state index is 0.152. The second kappa shape index (κ2) is 12.6. The molecule has 0 N–H and O–H groups in total. The molecule has 1 aromatic rings. The summed E-state index contributed by atoms with van der Waals surface area (Å²) in [6.45, 7) is 0.293. The van der Waals surface area contributed by atoms with Gasteiger partial charge in [-0.05, 0) is 5.56 Å². The predicted molar refractivity (Wildman–Crippen MR) is 98.4 cm³/mol. The zero-order valence-electron chi connectivity index (χ0n) is 15.0. The molecule has 2 amide bonds. The van der Waals surface area contributed by atoms with Crippen LogP contribution in [0.2, 0.25) is 0 Å². The first-order chi connectivity index (χ1) is 13.3. The Morgan fingerprint density at radius 2 is 1.39 bits per heavy atom. The molecule has 1 aliphatic heterocycles. The van der Waals surface area contributed by atoms with Crippen molar-refractivity contribution in [2.75, 3.05) is 38.1 Å². The van der Waals surface area contributed by atoms with E-state index in [9.17, 15) is 22.8 Å². The molecule has 1 heterocycles. The van der Waals surface area contributed by atoms with Crippen molar-refractivity contribution in [3.8, 4) is 0 Å². The summed E-state index contributed by atoms with van der Waals surface area (Å²) in [6, 6.07) is 9.21. The molecule has 0 spiro atoms. The van der Waals surface area contributed by atoms with Crippen LogP contribution < -0.4 is 0 Å². The predicted octanol–water partition coefficient (Wildman–Crippen LogP) is 4.45. The summed E-state index contributed by atoms with van der Waals surface area (Å²) < 4.78 is 45.8. The van der Waals surface area contributed by atoms with Gasteiger partial charge in [0.05, 0.1) is 11.8 Å². The molecule has 1 fully saturated rings. The minimum Gasteiger partial charge on any atom is -0.449 e. The molecule has 0 bridgehead atoms. The van der Waals surface area contributed by atoms with Crippen molar-refractivity contribution < 1.29 is 32.2 Å². The molecule has 0 aliphatic carbocycles. The first kappa shape index (κ1) is 24.2. The van der Waals surface area contributed by atoms with E-state index in [-0.39, 0.29) is 38.1 Å². The van der Waals surface area contributed by atoms with Crippen LogP contribution in [0.15, 0.2) is 30.3 Å². The highest BCUT2D eigenvalue weighted by atomic mass is 35.5. The third kappa shape index (κ3) is 9.89. The highest BCUT2D eigenvalue weighted by Crippen LogP contribution is 2.19. The third-order valence-electron chi connectivity index (χ3n) is 3.61. The van der Waals surface area contributed by atoms with Crippen LogP contribution in [0.25, 0.3) is 0 Å². The van der Waals surface area contributed by atoms with E-state index < -0.39 is 31.4 Å². The van der Waals surface area contributed by atoms with Gasteiger partial charge in [-0.3, -0.25) is 0 Å². The highest BCUT2D eigenvalue weighted by Gasteiger charge is 2.29. The van der Waals surface area contributed by atoms with Gasteiger partial charge in [-0.1, -0.05) is 30.3 Å². The fraction of sp³-hybridized carbons (Fsp3) is 0.529. The Morgan fingerprint density at radius 3 is 1.86 bits per heavy atom. The Hall–Kier alpha value is -1.87. The molecule has 0 saturated carbocycles. The number of alkyl halides is 5. The second-order valence-corrected chi connectivity index (χ2v) is 6.40. The molecule has 1 aromatic carbocycles. The zero-order chi connectivity index (χ0) is 21.0. The van der Waals surface area contributed by atoms with Gasteiger partial charge in [-0.15, -0.1) is 23.2 Å². The Labute approximate surface area is 171 Å². The molecule has 0 aromatic heterocycles. The Morgan fingerprint density at radius 1 is 0.929 bits per heavy atom. The molecule has 1 saturated heterocycles. The van der Waals surface area contributed by atoms with Crippen LogP contribution >= 0.6 is 23.2 Å². The van der Waals surface area contributed by atoms with E-state index in [0.717, 1.165) is 5.56 Å². The maximum absolute atomic E-state index is 12.0. The second-order valence-electron chi connectivity index (χ2n) is 5.59. The zero-order valence-corrected chi connectivity index (χ0v) is 16.5. The number of carbonyl (C=O) groups excluding carboxylic acids is 2. The van der Waals surface area contributed by atoms with E-state index in [1.165, 1.54) is 9.80 Å². The number of hydrogen-bond donors (Lipinski definition) is 0. The van der Waals surface area contributed by atoms with Crippen LogP contribution in [0, 0.1) is 0 Å². The molecule has 0 unspecified atom stereocenters. The summed E-state index contributed by atoms with van der Waals surface area (Å²) in [6.07, 6.45) is -6.83. The summed E-state index contributed by atoms with van der Waals surface area (Å²) in [5, 5.41) is 0.194. The molecule has 158 valence electrons. The molecule has 0 radical (unpaired) electrons. The molecule has 28 heavy (non-hydrogen) atoms. The third-order valence-corrected chi connectivity index (χ3v) is 3.61. The van der Waals surface area contributed by atoms with Crippen molar-refractivity contribution >= 4 is 35.4 Å².